The first-order chi connectivity index (χ1) is 14.0. The Morgan fingerprint density at radius 1 is 1.13 bits per heavy atom. The molecule has 1 amide bonds. The summed E-state index contributed by atoms with van der Waals surface area (Å²) in [4.78, 5) is 12.9. The summed E-state index contributed by atoms with van der Waals surface area (Å²) in [7, 11) is 1.63. The van der Waals surface area contributed by atoms with Gasteiger partial charge in [-0.2, -0.15) is 0 Å². The SMILES string of the molecule is COc1ccc2c(c1)OC(C)(C)C[C@H]2NC(=O)[C@@H](C)Oc1ccc(C(C)(C)C)cc1. The van der Waals surface area contributed by atoms with Crippen LogP contribution in [0.15, 0.2) is 42.5 Å². The molecule has 0 saturated carbocycles. The van der Waals surface area contributed by atoms with Crippen LogP contribution in [0, 0.1) is 0 Å². The molecule has 0 aromatic heterocycles. The number of ether oxygens (including phenoxy) is 3. The lowest BCUT2D eigenvalue weighted by atomic mass is 9.87. The molecule has 0 spiro atoms. The highest BCUT2D eigenvalue weighted by atomic mass is 16.5. The molecule has 0 fully saturated rings. The van der Waals surface area contributed by atoms with Gasteiger partial charge in [0, 0.05) is 18.1 Å². The van der Waals surface area contributed by atoms with E-state index in [2.05, 4.69) is 26.1 Å². The first kappa shape index (κ1) is 22.0. The van der Waals surface area contributed by atoms with Crippen molar-refractivity contribution in [2.45, 2.75) is 71.1 Å². The summed E-state index contributed by atoms with van der Waals surface area (Å²) in [6.45, 7) is 12.3. The van der Waals surface area contributed by atoms with E-state index in [0.29, 0.717) is 12.2 Å². The molecule has 5 nitrogen and oxygen atoms in total. The zero-order valence-corrected chi connectivity index (χ0v) is 19.0. The van der Waals surface area contributed by atoms with Gasteiger partial charge in [0.15, 0.2) is 6.10 Å². The van der Waals surface area contributed by atoms with Crippen molar-refractivity contribution in [2.75, 3.05) is 7.11 Å². The second-order valence-corrected chi connectivity index (χ2v) is 9.57. The number of benzene rings is 2. The zero-order valence-electron chi connectivity index (χ0n) is 19.0. The smallest absolute Gasteiger partial charge is 0.261 e. The second-order valence-electron chi connectivity index (χ2n) is 9.57. The lowest BCUT2D eigenvalue weighted by Crippen LogP contribution is -2.44. The average Bonchev–Trinajstić information content (AvgIpc) is 2.66. The molecular weight excluding hydrogens is 378 g/mol. The first-order valence-corrected chi connectivity index (χ1v) is 10.4. The van der Waals surface area contributed by atoms with E-state index in [1.165, 1.54) is 5.56 Å². The zero-order chi connectivity index (χ0) is 22.1. The Labute approximate surface area is 179 Å². The van der Waals surface area contributed by atoms with Gasteiger partial charge in [-0.15, -0.1) is 0 Å². The van der Waals surface area contributed by atoms with Gasteiger partial charge < -0.3 is 19.5 Å². The molecule has 2 aromatic carbocycles. The Morgan fingerprint density at radius 3 is 2.37 bits per heavy atom. The summed E-state index contributed by atoms with van der Waals surface area (Å²) in [5, 5.41) is 3.14. The summed E-state index contributed by atoms with van der Waals surface area (Å²) in [6.07, 6.45) is 0.0589. The Hall–Kier alpha value is -2.69. The Morgan fingerprint density at radius 2 is 1.77 bits per heavy atom. The maximum Gasteiger partial charge on any atom is 0.261 e. The third-order valence-electron chi connectivity index (χ3n) is 5.40. The highest BCUT2D eigenvalue weighted by Gasteiger charge is 2.35. The molecule has 0 bridgehead atoms. The van der Waals surface area contributed by atoms with Gasteiger partial charge in [-0.05, 0) is 56.0 Å². The average molecular weight is 412 g/mol. The lowest BCUT2D eigenvalue weighted by molar-refractivity contribution is -0.128. The number of carbonyl (C=O) groups is 1. The van der Waals surface area contributed by atoms with E-state index in [0.717, 1.165) is 17.1 Å². The number of fused-ring (bicyclic) bond motifs is 1. The normalized spacial score (nSPS) is 18.6. The Kier molecular flexibility index (Phi) is 6.02. The lowest BCUT2D eigenvalue weighted by Gasteiger charge is -2.38. The van der Waals surface area contributed by atoms with E-state index in [1.807, 2.05) is 56.3 Å². The summed E-state index contributed by atoms with van der Waals surface area (Å²) in [6, 6.07) is 13.5. The van der Waals surface area contributed by atoms with Crippen LogP contribution in [0.2, 0.25) is 0 Å². The number of hydrogen-bond acceptors (Lipinski definition) is 4. The second kappa shape index (κ2) is 8.21. The predicted octanol–water partition coefficient (Wildman–Crippen LogP) is 5.18. The summed E-state index contributed by atoms with van der Waals surface area (Å²) in [5.41, 5.74) is 1.85. The van der Waals surface area contributed by atoms with Crippen LogP contribution in [0.3, 0.4) is 0 Å². The topological polar surface area (TPSA) is 56.8 Å². The van der Waals surface area contributed by atoms with Gasteiger partial charge in [-0.3, -0.25) is 4.79 Å². The minimum absolute atomic E-state index is 0.0768. The third-order valence-corrected chi connectivity index (χ3v) is 5.40. The van der Waals surface area contributed by atoms with Crippen LogP contribution in [0.25, 0.3) is 0 Å². The van der Waals surface area contributed by atoms with E-state index >= 15 is 0 Å². The number of carbonyl (C=O) groups excluding carboxylic acids is 1. The van der Waals surface area contributed by atoms with Crippen LogP contribution in [-0.2, 0) is 10.2 Å². The van der Waals surface area contributed by atoms with E-state index in [4.69, 9.17) is 14.2 Å². The van der Waals surface area contributed by atoms with Crippen LogP contribution < -0.4 is 19.5 Å². The van der Waals surface area contributed by atoms with Crippen molar-refractivity contribution in [1.29, 1.82) is 0 Å². The molecule has 1 heterocycles. The standard InChI is InChI=1S/C25H33NO4/c1-16(29-18-10-8-17(9-11-18)24(2,3)4)23(27)26-21-15-25(5,6)30-22-14-19(28-7)12-13-20(21)22/h8-14,16,21H,15H2,1-7H3,(H,26,27)/t16-,21-/m1/s1. The van der Waals surface area contributed by atoms with Gasteiger partial charge in [0.25, 0.3) is 5.91 Å². The molecule has 162 valence electrons. The molecule has 0 saturated heterocycles. The monoisotopic (exact) mass is 411 g/mol. The van der Waals surface area contributed by atoms with Crippen LogP contribution in [0.1, 0.15) is 65.1 Å². The van der Waals surface area contributed by atoms with E-state index < -0.39 is 11.7 Å². The summed E-state index contributed by atoms with van der Waals surface area (Å²) in [5.74, 6) is 2.00. The largest absolute Gasteiger partial charge is 0.497 e. The van der Waals surface area contributed by atoms with Crippen molar-refractivity contribution in [3.63, 3.8) is 0 Å². The first-order valence-electron chi connectivity index (χ1n) is 10.4. The van der Waals surface area contributed by atoms with E-state index in [-0.39, 0.29) is 17.4 Å². The molecule has 0 unspecified atom stereocenters. The maximum absolute atomic E-state index is 12.9. The Balaban J connectivity index is 1.70. The number of nitrogens with one attached hydrogen (secondary N) is 1. The Bertz CT molecular complexity index is 896. The van der Waals surface area contributed by atoms with E-state index in [1.54, 1.807) is 14.0 Å². The number of rotatable bonds is 5. The molecule has 2 aromatic rings. The highest BCUT2D eigenvalue weighted by molar-refractivity contribution is 5.81. The summed E-state index contributed by atoms with van der Waals surface area (Å²) >= 11 is 0. The van der Waals surface area contributed by atoms with Crippen molar-refractivity contribution in [2.24, 2.45) is 0 Å². The molecule has 2 atom stereocenters. The summed E-state index contributed by atoms with van der Waals surface area (Å²) < 4.78 is 17.3. The molecule has 3 rings (SSSR count). The number of amides is 1. The minimum Gasteiger partial charge on any atom is -0.497 e. The van der Waals surface area contributed by atoms with Gasteiger partial charge in [-0.1, -0.05) is 32.9 Å². The van der Waals surface area contributed by atoms with Crippen molar-refractivity contribution >= 4 is 5.91 Å². The number of hydrogen-bond donors (Lipinski definition) is 1. The van der Waals surface area contributed by atoms with Gasteiger partial charge >= 0.3 is 0 Å². The maximum atomic E-state index is 12.9. The van der Waals surface area contributed by atoms with E-state index in [9.17, 15) is 4.79 Å². The van der Waals surface area contributed by atoms with Gasteiger partial charge in [0.1, 0.15) is 22.8 Å². The highest BCUT2D eigenvalue weighted by Crippen LogP contribution is 2.41. The van der Waals surface area contributed by atoms with Crippen molar-refractivity contribution in [3.05, 3.63) is 53.6 Å². The predicted molar refractivity (Wildman–Crippen MR) is 118 cm³/mol. The molecule has 1 aliphatic heterocycles. The molecule has 0 radical (unpaired) electrons. The molecule has 30 heavy (non-hydrogen) atoms. The van der Waals surface area contributed by atoms with Gasteiger partial charge in [0.05, 0.1) is 13.2 Å². The minimum atomic E-state index is -0.613. The molecular formula is C25H33NO4. The fourth-order valence-electron chi connectivity index (χ4n) is 3.67. The third kappa shape index (κ3) is 5.07. The molecule has 0 aliphatic carbocycles. The van der Waals surface area contributed by atoms with Crippen LogP contribution in [0.5, 0.6) is 17.2 Å². The number of methoxy groups -OCH3 is 1. The molecule has 1 aliphatic rings. The van der Waals surface area contributed by atoms with Crippen molar-refractivity contribution in [1.82, 2.24) is 5.32 Å². The molecule has 5 heteroatoms. The van der Waals surface area contributed by atoms with Gasteiger partial charge in [0.2, 0.25) is 0 Å². The van der Waals surface area contributed by atoms with Crippen LogP contribution >= 0.6 is 0 Å². The molecule has 1 N–H and O–H groups in total. The van der Waals surface area contributed by atoms with Crippen LogP contribution in [-0.4, -0.2) is 24.7 Å². The fourth-order valence-corrected chi connectivity index (χ4v) is 3.67. The van der Waals surface area contributed by atoms with Crippen molar-refractivity contribution in [3.8, 4) is 17.2 Å². The van der Waals surface area contributed by atoms with Gasteiger partial charge in [-0.25, -0.2) is 0 Å². The van der Waals surface area contributed by atoms with Crippen molar-refractivity contribution < 1.29 is 19.0 Å². The quantitative estimate of drug-likeness (QED) is 0.737. The fraction of sp³-hybridized carbons (Fsp3) is 0.480. The van der Waals surface area contributed by atoms with Crippen LogP contribution in [0.4, 0.5) is 0 Å².